The molecule has 0 spiro atoms. The van der Waals surface area contributed by atoms with Gasteiger partial charge in [-0.2, -0.15) is 0 Å². The van der Waals surface area contributed by atoms with Gasteiger partial charge in [0.2, 0.25) is 0 Å². The van der Waals surface area contributed by atoms with Crippen molar-refractivity contribution in [2.45, 2.75) is 6.92 Å². The summed E-state index contributed by atoms with van der Waals surface area (Å²) in [6, 6.07) is 10.0. The third-order valence-corrected chi connectivity index (χ3v) is 3.62. The van der Waals surface area contributed by atoms with Crippen LogP contribution in [0.25, 0.3) is 0 Å². The first-order valence-corrected chi connectivity index (χ1v) is 8.05. The van der Waals surface area contributed by atoms with Crippen LogP contribution in [0.5, 0.6) is 0 Å². The zero-order chi connectivity index (χ0) is 19.1. The Bertz CT molecular complexity index is 821. The Morgan fingerprint density at radius 3 is 2.23 bits per heavy atom. The molecule has 2 N–H and O–H groups in total. The predicted octanol–water partition coefficient (Wildman–Crippen LogP) is 3.95. The summed E-state index contributed by atoms with van der Waals surface area (Å²) in [6.07, 6.45) is 0. The Balaban J connectivity index is 2.05. The number of hydrogen-bond acceptors (Lipinski definition) is 5. The van der Waals surface area contributed by atoms with Crippen molar-refractivity contribution in [1.29, 1.82) is 0 Å². The van der Waals surface area contributed by atoms with Gasteiger partial charge in [-0.1, -0.05) is 11.6 Å². The van der Waals surface area contributed by atoms with E-state index in [-0.39, 0.29) is 22.9 Å². The first kappa shape index (κ1) is 19.3. The van der Waals surface area contributed by atoms with Gasteiger partial charge in [0.25, 0.3) is 0 Å². The second-order valence-corrected chi connectivity index (χ2v) is 5.47. The van der Waals surface area contributed by atoms with Gasteiger partial charge in [-0.25, -0.2) is 14.4 Å². The fraction of sp³-hybridized carbons (Fsp3) is 0.167. The molecule has 0 aliphatic heterocycles. The van der Waals surface area contributed by atoms with Gasteiger partial charge < -0.3 is 20.1 Å². The number of benzene rings is 2. The minimum atomic E-state index is -0.558. The van der Waals surface area contributed by atoms with Crippen LogP contribution in [-0.2, 0) is 9.47 Å². The van der Waals surface area contributed by atoms with Crippen LogP contribution in [0.1, 0.15) is 27.6 Å². The van der Waals surface area contributed by atoms with Crippen LogP contribution in [0.2, 0.25) is 5.02 Å². The van der Waals surface area contributed by atoms with E-state index in [0.29, 0.717) is 11.3 Å². The normalized spacial score (nSPS) is 9.96. The van der Waals surface area contributed by atoms with Crippen LogP contribution in [0, 0.1) is 0 Å². The van der Waals surface area contributed by atoms with Gasteiger partial charge in [-0.15, -0.1) is 0 Å². The lowest BCUT2D eigenvalue weighted by atomic mass is 10.2. The van der Waals surface area contributed by atoms with E-state index in [1.54, 1.807) is 31.2 Å². The van der Waals surface area contributed by atoms with Gasteiger partial charge in [-0.3, -0.25) is 0 Å². The number of carbonyl (C=O) groups excluding carboxylic acids is 3. The molecule has 0 saturated carbocycles. The van der Waals surface area contributed by atoms with Crippen LogP contribution in [0.3, 0.4) is 0 Å². The molecule has 26 heavy (non-hydrogen) atoms. The fourth-order valence-corrected chi connectivity index (χ4v) is 2.22. The van der Waals surface area contributed by atoms with Crippen molar-refractivity contribution in [1.82, 2.24) is 0 Å². The number of halogens is 1. The monoisotopic (exact) mass is 376 g/mol. The molecule has 0 fully saturated rings. The average Bonchev–Trinajstić information content (AvgIpc) is 2.63. The summed E-state index contributed by atoms with van der Waals surface area (Å²) in [5, 5.41) is 5.42. The number of anilines is 2. The molecule has 0 unspecified atom stereocenters. The summed E-state index contributed by atoms with van der Waals surface area (Å²) < 4.78 is 9.52. The van der Waals surface area contributed by atoms with E-state index in [9.17, 15) is 14.4 Å². The van der Waals surface area contributed by atoms with Gasteiger partial charge in [0.1, 0.15) is 0 Å². The van der Waals surface area contributed by atoms with Gasteiger partial charge in [0.05, 0.1) is 35.6 Å². The van der Waals surface area contributed by atoms with E-state index in [1.165, 1.54) is 25.3 Å². The fourth-order valence-electron chi connectivity index (χ4n) is 2.05. The second-order valence-electron chi connectivity index (χ2n) is 5.06. The van der Waals surface area contributed by atoms with Crippen molar-refractivity contribution in [3.63, 3.8) is 0 Å². The molecule has 7 nitrogen and oxygen atoms in total. The van der Waals surface area contributed by atoms with Crippen molar-refractivity contribution in [2.24, 2.45) is 0 Å². The number of esters is 2. The average molecular weight is 377 g/mol. The lowest BCUT2D eigenvalue weighted by Crippen LogP contribution is -2.20. The highest BCUT2D eigenvalue weighted by molar-refractivity contribution is 6.34. The van der Waals surface area contributed by atoms with Crippen molar-refractivity contribution in [2.75, 3.05) is 24.4 Å². The van der Waals surface area contributed by atoms with Gasteiger partial charge >= 0.3 is 18.0 Å². The maximum atomic E-state index is 12.1. The Kier molecular flexibility index (Phi) is 6.57. The Hall–Kier alpha value is -3.06. The number of hydrogen-bond donors (Lipinski definition) is 2. The minimum absolute atomic E-state index is 0.256. The lowest BCUT2D eigenvalue weighted by molar-refractivity contribution is 0.0525. The third kappa shape index (κ3) is 4.97. The molecule has 2 amide bonds. The summed E-state index contributed by atoms with van der Waals surface area (Å²) in [6.45, 7) is 2.01. The van der Waals surface area contributed by atoms with E-state index < -0.39 is 18.0 Å². The van der Waals surface area contributed by atoms with Crippen LogP contribution in [-0.4, -0.2) is 31.7 Å². The minimum Gasteiger partial charge on any atom is -0.465 e. The van der Waals surface area contributed by atoms with Crippen LogP contribution < -0.4 is 10.6 Å². The summed E-state index contributed by atoms with van der Waals surface area (Å²) in [4.78, 5) is 35.3. The molecule has 0 aromatic heterocycles. The number of amides is 2. The molecule has 0 atom stereocenters. The molecule has 8 heteroatoms. The summed E-state index contributed by atoms with van der Waals surface area (Å²) in [7, 11) is 1.26. The van der Waals surface area contributed by atoms with E-state index >= 15 is 0 Å². The molecular weight excluding hydrogens is 360 g/mol. The van der Waals surface area contributed by atoms with Gasteiger partial charge in [0, 0.05) is 5.69 Å². The number of rotatable bonds is 5. The molecule has 2 aromatic rings. The molecule has 2 aromatic carbocycles. The summed E-state index contributed by atoms with van der Waals surface area (Å²) in [5.74, 6) is -0.977. The molecule has 0 radical (unpaired) electrons. The van der Waals surface area contributed by atoms with E-state index in [0.717, 1.165) is 0 Å². The standard InChI is InChI=1S/C18H17ClN2O5/c1-3-26-17(23)11-4-7-13(8-5-11)20-18(24)21-15-10-12(16(22)25-2)6-9-14(15)19/h4-10H,3H2,1-2H3,(H2,20,21,24). The van der Waals surface area contributed by atoms with Crippen molar-refractivity contribution < 1.29 is 23.9 Å². The van der Waals surface area contributed by atoms with Crippen LogP contribution >= 0.6 is 11.6 Å². The third-order valence-electron chi connectivity index (χ3n) is 3.29. The predicted molar refractivity (Wildman–Crippen MR) is 97.8 cm³/mol. The van der Waals surface area contributed by atoms with E-state index in [1.807, 2.05) is 0 Å². The highest BCUT2D eigenvalue weighted by atomic mass is 35.5. The van der Waals surface area contributed by atoms with Crippen LogP contribution in [0.15, 0.2) is 42.5 Å². The second kappa shape index (κ2) is 8.87. The van der Waals surface area contributed by atoms with E-state index in [4.69, 9.17) is 16.3 Å². The Morgan fingerprint density at radius 2 is 1.62 bits per heavy atom. The number of ether oxygens (including phenoxy) is 2. The maximum Gasteiger partial charge on any atom is 0.338 e. The maximum absolute atomic E-state index is 12.1. The molecule has 0 saturated heterocycles. The quantitative estimate of drug-likeness (QED) is 0.770. The van der Waals surface area contributed by atoms with Gasteiger partial charge in [-0.05, 0) is 49.4 Å². The molecule has 136 valence electrons. The van der Waals surface area contributed by atoms with Crippen LogP contribution in [0.4, 0.5) is 16.2 Å². The van der Waals surface area contributed by atoms with Crippen molar-refractivity contribution in [3.05, 3.63) is 58.6 Å². The number of nitrogens with one attached hydrogen (secondary N) is 2. The topological polar surface area (TPSA) is 93.7 Å². The molecular formula is C18H17ClN2O5. The van der Waals surface area contributed by atoms with Crippen molar-refractivity contribution in [3.8, 4) is 0 Å². The summed E-state index contributed by atoms with van der Waals surface area (Å²) >= 11 is 6.03. The first-order chi connectivity index (χ1) is 12.4. The first-order valence-electron chi connectivity index (χ1n) is 7.67. The Morgan fingerprint density at radius 1 is 0.962 bits per heavy atom. The largest absolute Gasteiger partial charge is 0.465 e. The molecule has 0 heterocycles. The highest BCUT2D eigenvalue weighted by Crippen LogP contribution is 2.24. The molecule has 0 aliphatic rings. The zero-order valence-corrected chi connectivity index (χ0v) is 14.9. The SMILES string of the molecule is CCOC(=O)c1ccc(NC(=O)Nc2cc(C(=O)OC)ccc2Cl)cc1. The zero-order valence-electron chi connectivity index (χ0n) is 14.2. The van der Waals surface area contributed by atoms with Crippen molar-refractivity contribution >= 4 is 40.9 Å². The molecule has 0 bridgehead atoms. The smallest absolute Gasteiger partial charge is 0.338 e. The van der Waals surface area contributed by atoms with E-state index in [2.05, 4.69) is 15.4 Å². The number of methoxy groups -OCH3 is 1. The van der Waals surface area contributed by atoms with Gasteiger partial charge in [0.15, 0.2) is 0 Å². The highest BCUT2D eigenvalue weighted by Gasteiger charge is 2.12. The summed E-state index contributed by atoms with van der Waals surface area (Å²) in [5.41, 5.74) is 1.36. The molecule has 0 aliphatic carbocycles. The molecule has 2 rings (SSSR count). The Labute approximate surface area is 155 Å². The number of urea groups is 1. The lowest BCUT2D eigenvalue weighted by Gasteiger charge is -2.10. The number of carbonyl (C=O) groups is 3.